The van der Waals surface area contributed by atoms with Crippen molar-refractivity contribution >= 4 is 5.91 Å². The molecule has 3 nitrogen and oxygen atoms in total. The minimum atomic E-state index is -0.513. The normalized spacial score (nSPS) is 10.1. The van der Waals surface area contributed by atoms with Gasteiger partial charge in [-0.3, -0.25) is 4.79 Å². The first-order valence-electron chi connectivity index (χ1n) is 6.71. The highest BCUT2D eigenvalue weighted by Crippen LogP contribution is 2.13. The first-order chi connectivity index (χ1) is 9.51. The lowest BCUT2D eigenvalue weighted by molar-refractivity contribution is 0.0716. The lowest BCUT2D eigenvalue weighted by atomic mass is 10.1. The molecule has 0 aliphatic rings. The van der Waals surface area contributed by atoms with E-state index in [4.69, 9.17) is 5.11 Å². The molecule has 1 aromatic rings. The smallest absolute Gasteiger partial charge is 0.254 e. The Morgan fingerprint density at radius 2 is 2.15 bits per heavy atom. The molecule has 0 aliphatic carbocycles. The van der Waals surface area contributed by atoms with Crippen LogP contribution in [0.5, 0.6) is 0 Å². The third-order valence-electron chi connectivity index (χ3n) is 2.90. The van der Waals surface area contributed by atoms with Crippen molar-refractivity contribution in [1.29, 1.82) is 0 Å². The number of carbonyl (C=O) groups excluding carboxylic acids is 1. The van der Waals surface area contributed by atoms with E-state index in [1.54, 1.807) is 11.0 Å². The van der Waals surface area contributed by atoms with Crippen molar-refractivity contribution in [3.05, 3.63) is 35.1 Å². The Balaban J connectivity index is 2.98. The van der Waals surface area contributed by atoms with Crippen LogP contribution in [-0.2, 0) is 0 Å². The van der Waals surface area contributed by atoms with Gasteiger partial charge in [0.2, 0.25) is 0 Å². The largest absolute Gasteiger partial charge is 0.395 e. The molecule has 1 aromatic carbocycles. The van der Waals surface area contributed by atoms with Crippen LogP contribution in [0, 0.1) is 17.7 Å². The van der Waals surface area contributed by atoms with E-state index < -0.39 is 5.82 Å². The Morgan fingerprint density at radius 1 is 1.45 bits per heavy atom. The lowest BCUT2D eigenvalue weighted by Gasteiger charge is -2.25. The summed E-state index contributed by atoms with van der Waals surface area (Å²) in [5, 5.41) is 8.62. The van der Waals surface area contributed by atoms with E-state index in [2.05, 4.69) is 11.8 Å². The molecule has 0 saturated heterocycles. The number of amides is 1. The Morgan fingerprint density at radius 3 is 2.65 bits per heavy atom. The predicted octanol–water partition coefficient (Wildman–Crippen LogP) is 2.43. The second-order valence-corrected chi connectivity index (χ2v) is 4.65. The first kappa shape index (κ1) is 16.2. The van der Waals surface area contributed by atoms with Crippen LogP contribution < -0.4 is 0 Å². The summed E-state index contributed by atoms with van der Waals surface area (Å²) < 4.78 is 13.9. The third kappa shape index (κ3) is 4.07. The fourth-order valence-corrected chi connectivity index (χ4v) is 1.87. The number of rotatable bonds is 4. The minimum absolute atomic E-state index is 0.0506. The second-order valence-electron chi connectivity index (χ2n) is 4.65. The molecular formula is C16H20FNO2. The Bertz CT molecular complexity index is 529. The van der Waals surface area contributed by atoms with E-state index in [0.717, 1.165) is 0 Å². The van der Waals surface area contributed by atoms with Gasteiger partial charge in [-0.15, -0.1) is 0 Å². The van der Waals surface area contributed by atoms with Crippen LogP contribution >= 0.6 is 0 Å². The maximum Gasteiger partial charge on any atom is 0.254 e. The van der Waals surface area contributed by atoms with Gasteiger partial charge in [-0.1, -0.05) is 11.8 Å². The van der Waals surface area contributed by atoms with Gasteiger partial charge in [0.1, 0.15) is 5.82 Å². The highest BCUT2D eigenvalue weighted by atomic mass is 19.1. The third-order valence-corrected chi connectivity index (χ3v) is 2.90. The molecule has 1 amide bonds. The SMILES string of the molecule is CCN(C(=O)c1ccc(C#CCCO)c(F)c1)C(C)C. The number of aliphatic hydroxyl groups is 1. The van der Waals surface area contributed by atoms with Gasteiger partial charge in [0, 0.05) is 24.6 Å². The van der Waals surface area contributed by atoms with Crippen molar-refractivity contribution in [3.8, 4) is 11.8 Å². The standard InChI is InChI=1S/C16H20FNO2/c1-4-18(12(2)3)16(20)14-9-8-13(15(17)11-14)7-5-6-10-19/h8-9,11-12,19H,4,6,10H2,1-3H3. The maximum absolute atomic E-state index is 13.9. The highest BCUT2D eigenvalue weighted by molar-refractivity contribution is 5.94. The van der Waals surface area contributed by atoms with E-state index in [1.165, 1.54) is 12.1 Å². The zero-order valence-corrected chi connectivity index (χ0v) is 12.1. The van der Waals surface area contributed by atoms with Gasteiger partial charge in [-0.2, -0.15) is 0 Å². The topological polar surface area (TPSA) is 40.5 Å². The number of aliphatic hydroxyl groups excluding tert-OH is 1. The Hall–Kier alpha value is -1.86. The van der Waals surface area contributed by atoms with E-state index in [-0.39, 0.29) is 24.1 Å². The molecule has 0 saturated carbocycles. The van der Waals surface area contributed by atoms with Crippen LogP contribution in [0.3, 0.4) is 0 Å². The highest BCUT2D eigenvalue weighted by Gasteiger charge is 2.17. The molecule has 20 heavy (non-hydrogen) atoms. The van der Waals surface area contributed by atoms with Gasteiger partial charge >= 0.3 is 0 Å². The van der Waals surface area contributed by atoms with Crippen molar-refractivity contribution in [2.75, 3.05) is 13.2 Å². The molecule has 1 rings (SSSR count). The van der Waals surface area contributed by atoms with Crippen molar-refractivity contribution in [1.82, 2.24) is 4.90 Å². The molecule has 108 valence electrons. The summed E-state index contributed by atoms with van der Waals surface area (Å²) in [5.41, 5.74) is 0.563. The fourth-order valence-electron chi connectivity index (χ4n) is 1.87. The molecule has 0 heterocycles. The van der Waals surface area contributed by atoms with Crippen LogP contribution in [-0.4, -0.2) is 35.1 Å². The average molecular weight is 277 g/mol. The number of halogens is 1. The molecule has 0 aliphatic heterocycles. The summed E-state index contributed by atoms with van der Waals surface area (Å²) in [4.78, 5) is 13.9. The summed E-state index contributed by atoms with van der Waals surface area (Å²) in [7, 11) is 0. The van der Waals surface area contributed by atoms with Crippen molar-refractivity contribution < 1.29 is 14.3 Å². The van der Waals surface area contributed by atoms with E-state index in [9.17, 15) is 9.18 Å². The van der Waals surface area contributed by atoms with Crippen molar-refractivity contribution in [2.24, 2.45) is 0 Å². The van der Waals surface area contributed by atoms with Crippen molar-refractivity contribution in [3.63, 3.8) is 0 Å². The summed E-state index contributed by atoms with van der Waals surface area (Å²) in [6.45, 7) is 6.27. The summed E-state index contributed by atoms with van der Waals surface area (Å²) >= 11 is 0. The quantitative estimate of drug-likeness (QED) is 0.859. The van der Waals surface area contributed by atoms with Gasteiger partial charge in [-0.05, 0) is 39.0 Å². The van der Waals surface area contributed by atoms with Crippen LogP contribution in [0.2, 0.25) is 0 Å². The van der Waals surface area contributed by atoms with Gasteiger partial charge in [0.15, 0.2) is 0 Å². The molecule has 4 heteroatoms. The minimum Gasteiger partial charge on any atom is -0.395 e. The first-order valence-corrected chi connectivity index (χ1v) is 6.71. The van der Waals surface area contributed by atoms with Crippen molar-refractivity contribution in [2.45, 2.75) is 33.2 Å². The predicted molar refractivity (Wildman–Crippen MR) is 76.8 cm³/mol. The second kappa shape index (κ2) is 7.66. The monoisotopic (exact) mass is 277 g/mol. The molecule has 0 spiro atoms. The molecule has 0 radical (unpaired) electrons. The van der Waals surface area contributed by atoms with Gasteiger partial charge in [0.25, 0.3) is 5.91 Å². The Kier molecular flexibility index (Phi) is 6.20. The maximum atomic E-state index is 13.9. The molecule has 0 aromatic heterocycles. The number of benzene rings is 1. The van der Waals surface area contributed by atoms with Crippen LogP contribution in [0.1, 0.15) is 43.1 Å². The van der Waals surface area contributed by atoms with Crippen LogP contribution in [0.15, 0.2) is 18.2 Å². The van der Waals surface area contributed by atoms with E-state index in [0.29, 0.717) is 18.5 Å². The number of hydrogen-bond acceptors (Lipinski definition) is 2. The van der Waals surface area contributed by atoms with Crippen LogP contribution in [0.25, 0.3) is 0 Å². The zero-order valence-electron chi connectivity index (χ0n) is 12.1. The fraction of sp³-hybridized carbons (Fsp3) is 0.438. The van der Waals surface area contributed by atoms with Gasteiger partial charge in [-0.25, -0.2) is 4.39 Å². The molecule has 1 N–H and O–H groups in total. The summed E-state index contributed by atoms with van der Waals surface area (Å²) in [6, 6.07) is 4.37. The number of nitrogens with zero attached hydrogens (tertiary/aromatic N) is 1. The molecule has 0 atom stereocenters. The average Bonchev–Trinajstić information content (AvgIpc) is 2.41. The molecule has 0 bridgehead atoms. The number of carbonyl (C=O) groups is 1. The van der Waals surface area contributed by atoms with Crippen LogP contribution in [0.4, 0.5) is 4.39 Å². The molecule has 0 unspecified atom stereocenters. The van der Waals surface area contributed by atoms with E-state index >= 15 is 0 Å². The summed E-state index contributed by atoms with van der Waals surface area (Å²) in [6.07, 6.45) is 0.303. The van der Waals surface area contributed by atoms with Gasteiger partial charge in [0.05, 0.1) is 12.2 Å². The summed E-state index contributed by atoms with van der Waals surface area (Å²) in [5.74, 6) is 4.60. The Labute approximate surface area is 119 Å². The lowest BCUT2D eigenvalue weighted by Crippen LogP contribution is -2.36. The molecular weight excluding hydrogens is 257 g/mol. The zero-order chi connectivity index (χ0) is 15.1. The molecule has 0 fully saturated rings. The van der Waals surface area contributed by atoms with Gasteiger partial charge < -0.3 is 10.0 Å². The van der Waals surface area contributed by atoms with E-state index in [1.807, 2.05) is 20.8 Å². The number of hydrogen-bond donors (Lipinski definition) is 1.